The molecule has 0 saturated carbocycles. The lowest BCUT2D eigenvalue weighted by Crippen LogP contribution is -2.27. The van der Waals surface area contributed by atoms with Gasteiger partial charge in [0.05, 0.1) is 16.2 Å². The molecule has 164 valence electrons. The summed E-state index contributed by atoms with van der Waals surface area (Å²) >= 11 is 0. The zero-order valence-corrected chi connectivity index (χ0v) is 17.4. The van der Waals surface area contributed by atoms with E-state index in [0.29, 0.717) is 16.6 Å². The number of non-ortho nitro benzene ring substituents is 1. The normalized spacial score (nSPS) is 11.4. The van der Waals surface area contributed by atoms with Gasteiger partial charge in [-0.2, -0.15) is 5.10 Å². The summed E-state index contributed by atoms with van der Waals surface area (Å²) < 4.78 is 1.47. The highest BCUT2D eigenvalue weighted by molar-refractivity contribution is 6.06. The van der Waals surface area contributed by atoms with Gasteiger partial charge in [0.25, 0.3) is 17.2 Å². The molecule has 4 aromatic rings. The molecule has 0 fully saturated rings. The van der Waals surface area contributed by atoms with Crippen LogP contribution in [0.5, 0.6) is 5.75 Å². The molecule has 2 N–H and O–H groups in total. The maximum absolute atomic E-state index is 13.4. The Labute approximate surface area is 187 Å². The number of carbonyl (C=O) groups is 1. The minimum atomic E-state index is -0.618. The quantitative estimate of drug-likeness (QED) is 0.276. The minimum absolute atomic E-state index is 0.0541. The van der Waals surface area contributed by atoms with E-state index >= 15 is 0 Å². The maximum atomic E-state index is 13.4. The lowest BCUT2D eigenvalue weighted by Gasteiger charge is -2.15. The molecule has 9 nitrogen and oxygen atoms in total. The third kappa shape index (κ3) is 4.07. The third-order valence-electron chi connectivity index (χ3n) is 5.10. The first-order valence-corrected chi connectivity index (χ1v) is 9.90. The van der Waals surface area contributed by atoms with Crippen molar-refractivity contribution in [1.82, 2.24) is 9.99 Å². The summed E-state index contributed by atoms with van der Waals surface area (Å²) in [5.74, 6) is -0.860. The van der Waals surface area contributed by atoms with Crippen LogP contribution >= 0.6 is 0 Å². The molecule has 0 aliphatic rings. The van der Waals surface area contributed by atoms with Gasteiger partial charge in [0.1, 0.15) is 11.3 Å². The van der Waals surface area contributed by atoms with Gasteiger partial charge >= 0.3 is 0 Å². The number of aromatic nitrogens is 1. The highest BCUT2D eigenvalue weighted by Crippen LogP contribution is 2.28. The van der Waals surface area contributed by atoms with Crippen molar-refractivity contribution in [1.29, 1.82) is 0 Å². The van der Waals surface area contributed by atoms with Crippen molar-refractivity contribution in [2.75, 3.05) is 0 Å². The summed E-state index contributed by atoms with van der Waals surface area (Å²) in [5, 5.41) is 26.1. The standard InChI is InChI=1S/C24H18N4O5/c1-15(25-26-23(30)16-11-13-18(14-12-16)28(32)33)21-22(29)19-9-5-6-10-20(19)27(24(21)31)17-7-3-2-4-8-17/h2-14,29H,1H3,(H,26,30). The average molecular weight is 442 g/mol. The van der Waals surface area contributed by atoms with Crippen molar-refractivity contribution in [3.63, 3.8) is 0 Å². The topological polar surface area (TPSA) is 127 Å². The Morgan fingerprint density at radius 1 is 1.00 bits per heavy atom. The van der Waals surface area contributed by atoms with Gasteiger partial charge in [0.15, 0.2) is 0 Å². The zero-order chi connectivity index (χ0) is 23.5. The van der Waals surface area contributed by atoms with Crippen LogP contribution < -0.4 is 11.0 Å². The summed E-state index contributed by atoms with van der Waals surface area (Å²) in [6.45, 7) is 1.50. The molecule has 0 bridgehead atoms. The Bertz CT molecular complexity index is 1460. The number of nitrogens with zero attached hydrogens (tertiary/aromatic N) is 3. The fourth-order valence-electron chi connectivity index (χ4n) is 3.48. The lowest BCUT2D eigenvalue weighted by molar-refractivity contribution is -0.384. The molecular formula is C24H18N4O5. The zero-order valence-electron chi connectivity index (χ0n) is 17.4. The summed E-state index contributed by atoms with van der Waals surface area (Å²) in [6, 6.07) is 20.9. The van der Waals surface area contributed by atoms with Gasteiger partial charge in [0.2, 0.25) is 0 Å². The van der Waals surface area contributed by atoms with Crippen molar-refractivity contribution < 1.29 is 14.8 Å². The first-order valence-electron chi connectivity index (χ1n) is 9.90. The van der Waals surface area contributed by atoms with Gasteiger partial charge < -0.3 is 5.11 Å². The number of nitro benzene ring substituents is 1. The number of nitro groups is 1. The van der Waals surface area contributed by atoms with Crippen molar-refractivity contribution in [2.24, 2.45) is 5.10 Å². The summed E-state index contributed by atoms with van der Waals surface area (Å²) in [4.78, 5) is 36.0. The van der Waals surface area contributed by atoms with Gasteiger partial charge in [-0.3, -0.25) is 24.3 Å². The van der Waals surface area contributed by atoms with E-state index in [0.717, 1.165) is 0 Å². The molecule has 4 rings (SSSR count). The molecule has 0 atom stereocenters. The summed E-state index contributed by atoms with van der Waals surface area (Å²) in [5.41, 5.74) is 3.03. The largest absolute Gasteiger partial charge is 0.506 e. The molecule has 0 spiro atoms. The van der Waals surface area contributed by atoms with Gasteiger partial charge in [-0.25, -0.2) is 5.43 Å². The molecule has 3 aromatic carbocycles. The van der Waals surface area contributed by atoms with Crippen LogP contribution in [0.2, 0.25) is 0 Å². The van der Waals surface area contributed by atoms with Crippen molar-refractivity contribution in [3.05, 3.63) is 110 Å². The number of fused-ring (bicyclic) bond motifs is 1. The first-order chi connectivity index (χ1) is 15.9. The van der Waals surface area contributed by atoms with E-state index in [9.17, 15) is 24.8 Å². The Balaban J connectivity index is 1.76. The molecule has 9 heteroatoms. The van der Waals surface area contributed by atoms with Crippen molar-refractivity contribution in [3.8, 4) is 11.4 Å². The van der Waals surface area contributed by atoms with E-state index < -0.39 is 16.4 Å². The maximum Gasteiger partial charge on any atom is 0.271 e. The average Bonchev–Trinajstić information content (AvgIpc) is 2.83. The van der Waals surface area contributed by atoms with Gasteiger partial charge in [0, 0.05) is 28.8 Å². The molecule has 1 aromatic heterocycles. The van der Waals surface area contributed by atoms with Crippen LogP contribution in [0.3, 0.4) is 0 Å². The molecule has 1 heterocycles. The number of hydrazone groups is 1. The van der Waals surface area contributed by atoms with Gasteiger partial charge in [-0.1, -0.05) is 30.3 Å². The molecule has 0 aliphatic heterocycles. The Morgan fingerprint density at radius 3 is 2.30 bits per heavy atom. The van der Waals surface area contributed by atoms with E-state index in [1.165, 1.54) is 35.8 Å². The van der Waals surface area contributed by atoms with E-state index in [1.54, 1.807) is 48.5 Å². The molecule has 0 saturated heterocycles. The smallest absolute Gasteiger partial charge is 0.271 e. The number of amides is 1. The van der Waals surface area contributed by atoms with Crippen LogP contribution in [-0.4, -0.2) is 26.2 Å². The Kier molecular flexibility index (Phi) is 5.69. The van der Waals surface area contributed by atoms with Crippen LogP contribution in [0.15, 0.2) is 88.8 Å². The SMILES string of the molecule is CC(=NNC(=O)c1ccc([N+](=O)[O-])cc1)c1c(O)c2ccccc2n(-c2ccccc2)c1=O. The lowest BCUT2D eigenvalue weighted by atomic mass is 10.1. The third-order valence-corrected chi connectivity index (χ3v) is 5.10. The monoisotopic (exact) mass is 442 g/mol. The van der Waals surface area contributed by atoms with E-state index in [4.69, 9.17) is 0 Å². The first kappa shape index (κ1) is 21.4. The van der Waals surface area contributed by atoms with E-state index in [-0.39, 0.29) is 28.3 Å². The number of pyridine rings is 1. The molecular weight excluding hydrogens is 424 g/mol. The van der Waals surface area contributed by atoms with Crippen LogP contribution in [0.25, 0.3) is 16.6 Å². The van der Waals surface area contributed by atoms with Crippen molar-refractivity contribution >= 4 is 28.2 Å². The summed E-state index contributed by atoms with van der Waals surface area (Å²) in [7, 11) is 0. The molecule has 1 amide bonds. The highest BCUT2D eigenvalue weighted by Gasteiger charge is 2.19. The number of nitrogens with one attached hydrogen (secondary N) is 1. The van der Waals surface area contributed by atoms with Gasteiger partial charge in [-0.15, -0.1) is 0 Å². The van der Waals surface area contributed by atoms with E-state index in [2.05, 4.69) is 10.5 Å². The van der Waals surface area contributed by atoms with Crippen LogP contribution in [0.1, 0.15) is 22.8 Å². The molecule has 0 radical (unpaired) electrons. The molecule has 0 unspecified atom stereocenters. The van der Waals surface area contributed by atoms with E-state index in [1.807, 2.05) is 6.07 Å². The fraction of sp³-hybridized carbons (Fsp3) is 0.0417. The number of benzene rings is 3. The van der Waals surface area contributed by atoms with Crippen LogP contribution in [0, 0.1) is 10.1 Å². The highest BCUT2D eigenvalue weighted by atomic mass is 16.6. The fourth-order valence-corrected chi connectivity index (χ4v) is 3.48. The second-order valence-corrected chi connectivity index (χ2v) is 7.16. The number of aromatic hydroxyl groups is 1. The second-order valence-electron chi connectivity index (χ2n) is 7.16. The summed E-state index contributed by atoms with van der Waals surface area (Å²) in [6.07, 6.45) is 0. The van der Waals surface area contributed by atoms with Crippen molar-refractivity contribution in [2.45, 2.75) is 6.92 Å². The van der Waals surface area contributed by atoms with Gasteiger partial charge in [-0.05, 0) is 43.3 Å². The Morgan fingerprint density at radius 2 is 1.64 bits per heavy atom. The second kappa shape index (κ2) is 8.75. The molecule has 0 aliphatic carbocycles. The number of carbonyl (C=O) groups excluding carboxylic acids is 1. The predicted octanol–water partition coefficient (Wildman–Crippen LogP) is 3.76. The van der Waals surface area contributed by atoms with Crippen LogP contribution in [-0.2, 0) is 0 Å². The Hall–Kier alpha value is -4.79. The number of rotatable bonds is 5. The van der Waals surface area contributed by atoms with Crippen LogP contribution in [0.4, 0.5) is 5.69 Å². The molecule has 33 heavy (non-hydrogen) atoms. The number of hydrogen-bond acceptors (Lipinski definition) is 6. The number of para-hydroxylation sites is 2. The minimum Gasteiger partial charge on any atom is -0.506 e. The number of hydrogen-bond donors (Lipinski definition) is 2. The predicted molar refractivity (Wildman–Crippen MR) is 124 cm³/mol.